The van der Waals surface area contributed by atoms with Gasteiger partial charge in [-0.2, -0.15) is 0 Å². The molecule has 0 aromatic carbocycles. The maximum atomic E-state index is 4.27. The highest BCUT2D eigenvalue weighted by molar-refractivity contribution is 6.40. The van der Waals surface area contributed by atoms with Gasteiger partial charge in [-0.15, -0.1) is 0 Å². The molecule has 9 heavy (non-hydrogen) atoms. The number of aromatic nitrogens is 2. The van der Waals surface area contributed by atoms with Crippen LogP contribution >= 0.6 is 0 Å². The molecule has 1 rings (SSSR count). The van der Waals surface area contributed by atoms with Gasteiger partial charge in [0, 0.05) is 11.4 Å². The molecule has 5 heteroatoms. The van der Waals surface area contributed by atoms with E-state index < -0.39 is 0 Å². The van der Waals surface area contributed by atoms with E-state index in [4.69, 9.17) is 0 Å². The van der Waals surface area contributed by atoms with Gasteiger partial charge in [0.05, 0.1) is 0 Å². The predicted octanol–water partition coefficient (Wildman–Crippen LogP) is -3.90. The third kappa shape index (κ3) is 0.912. The molecule has 2 nitrogen and oxygen atoms in total. The summed E-state index contributed by atoms with van der Waals surface area (Å²) in [7, 11) is 6.12. The Bertz CT molecular complexity index is 207. The van der Waals surface area contributed by atoms with Gasteiger partial charge in [-0.1, -0.05) is 0 Å². The maximum Gasteiger partial charge on any atom is 0.222 e. The van der Waals surface area contributed by atoms with Crippen molar-refractivity contribution in [1.82, 2.24) is 9.46 Å². The second-order valence-corrected chi connectivity index (χ2v) is 2.39. The van der Waals surface area contributed by atoms with Crippen molar-refractivity contribution < 1.29 is 0 Å². The molecule has 0 bridgehead atoms. The van der Waals surface area contributed by atoms with Gasteiger partial charge >= 0.3 is 0 Å². The van der Waals surface area contributed by atoms with Gasteiger partial charge in [0.15, 0.2) is 15.7 Å². The van der Waals surface area contributed by atoms with Crippen molar-refractivity contribution in [2.24, 2.45) is 0 Å². The van der Waals surface area contributed by atoms with Crippen molar-refractivity contribution in [2.45, 2.75) is 6.92 Å². The lowest BCUT2D eigenvalue weighted by Gasteiger charge is -1.96. The van der Waals surface area contributed by atoms with E-state index in [-0.39, 0.29) is 0 Å². The zero-order valence-electron chi connectivity index (χ0n) is 6.39. The quantitative estimate of drug-likeness (QED) is 0.318. The lowest BCUT2D eigenvalue weighted by molar-refractivity contribution is 1.29. The molecule has 1 heterocycles. The SMILES string of the molecule is Bc1nc(C)c(B)n1B. The summed E-state index contributed by atoms with van der Waals surface area (Å²) >= 11 is 0. The Kier molecular flexibility index (Phi) is 1.43. The van der Waals surface area contributed by atoms with E-state index in [1.54, 1.807) is 0 Å². The van der Waals surface area contributed by atoms with Gasteiger partial charge in [0.1, 0.15) is 0 Å². The number of hydrogen-bond donors (Lipinski definition) is 0. The molecular weight excluding hydrogens is 108 g/mol. The first-order valence-electron chi connectivity index (χ1n) is 3.09. The molecular formula is C4H9B3N2. The van der Waals surface area contributed by atoms with E-state index in [0.717, 1.165) is 11.4 Å². The molecule has 0 amide bonds. The molecule has 1 aromatic rings. The Labute approximate surface area is 57.9 Å². The highest BCUT2D eigenvalue weighted by atomic mass is 15.0. The summed E-state index contributed by atoms with van der Waals surface area (Å²) in [5, 5.41) is 0. The minimum Gasteiger partial charge on any atom is -0.401 e. The van der Waals surface area contributed by atoms with Crippen molar-refractivity contribution in [3.05, 3.63) is 5.69 Å². The molecule has 0 unspecified atom stereocenters. The molecule has 0 saturated heterocycles. The summed E-state index contributed by atoms with van der Waals surface area (Å²) in [4.78, 5) is 4.27. The molecule has 0 fully saturated rings. The number of aryl methyl sites for hydroxylation is 1. The maximum absolute atomic E-state index is 4.27. The molecule has 0 spiro atoms. The molecule has 0 aliphatic rings. The largest absolute Gasteiger partial charge is 0.401 e. The van der Waals surface area contributed by atoms with Gasteiger partial charge < -0.3 is 4.48 Å². The van der Waals surface area contributed by atoms with Gasteiger partial charge in [0.25, 0.3) is 0 Å². The molecule has 1 aromatic heterocycles. The normalized spacial score (nSPS) is 9.89. The average Bonchev–Trinajstić information content (AvgIpc) is 1.98. The zero-order valence-corrected chi connectivity index (χ0v) is 6.39. The summed E-state index contributed by atoms with van der Waals surface area (Å²) in [6.07, 6.45) is 0. The Morgan fingerprint density at radius 1 is 1.44 bits per heavy atom. The minimum absolute atomic E-state index is 1.09. The summed E-state index contributed by atoms with van der Waals surface area (Å²) < 4.78 is 2.09. The molecule has 0 atom stereocenters. The van der Waals surface area contributed by atoms with Gasteiger partial charge in [-0.25, -0.2) is 0 Å². The molecule has 44 valence electrons. The summed E-state index contributed by atoms with van der Waals surface area (Å²) in [5.41, 5.74) is 3.48. The zero-order chi connectivity index (χ0) is 7.02. The highest BCUT2D eigenvalue weighted by Crippen LogP contribution is 1.79. The van der Waals surface area contributed by atoms with Crippen molar-refractivity contribution >= 4 is 35.0 Å². The number of rotatable bonds is 0. The Morgan fingerprint density at radius 3 is 2.11 bits per heavy atom. The second-order valence-electron chi connectivity index (χ2n) is 2.39. The van der Waals surface area contributed by atoms with Crippen LogP contribution in [-0.4, -0.2) is 33.1 Å². The van der Waals surface area contributed by atoms with Crippen LogP contribution in [0.15, 0.2) is 0 Å². The number of nitrogens with zero attached hydrogens (tertiary/aromatic N) is 2. The standard InChI is InChI=1S/C4H9B3N2/c1-2-3(5)9(7)4(6)8-2/h5-7H2,1H3. The third-order valence-corrected chi connectivity index (χ3v) is 1.84. The Hall–Kier alpha value is -0.595. The fourth-order valence-corrected chi connectivity index (χ4v) is 0.884. The highest BCUT2D eigenvalue weighted by Gasteiger charge is 1.99. The van der Waals surface area contributed by atoms with Crippen LogP contribution in [0.5, 0.6) is 0 Å². The minimum atomic E-state index is 1.09. The van der Waals surface area contributed by atoms with Crippen LogP contribution in [0.25, 0.3) is 0 Å². The van der Waals surface area contributed by atoms with E-state index in [9.17, 15) is 0 Å². The Balaban J connectivity index is 3.29. The van der Waals surface area contributed by atoms with Gasteiger partial charge in [-0.05, 0) is 12.5 Å². The van der Waals surface area contributed by atoms with E-state index in [0.29, 0.717) is 0 Å². The van der Waals surface area contributed by atoms with Crippen LogP contribution in [0.3, 0.4) is 0 Å². The number of imidazole rings is 1. The second kappa shape index (κ2) is 1.97. The number of hydrogen-bond acceptors (Lipinski definition) is 1. The van der Waals surface area contributed by atoms with Crippen LogP contribution in [0.2, 0.25) is 0 Å². The van der Waals surface area contributed by atoms with Crippen molar-refractivity contribution in [3.8, 4) is 0 Å². The topological polar surface area (TPSA) is 17.8 Å². The van der Waals surface area contributed by atoms with Crippen LogP contribution in [0.4, 0.5) is 0 Å². The first kappa shape index (κ1) is 6.52. The fourth-order valence-electron chi connectivity index (χ4n) is 0.884. The lowest BCUT2D eigenvalue weighted by atomic mass is 10.00. The first-order valence-corrected chi connectivity index (χ1v) is 3.09. The van der Waals surface area contributed by atoms with Crippen LogP contribution in [0.1, 0.15) is 5.69 Å². The molecule has 0 aliphatic heterocycles. The summed E-state index contributed by atoms with van der Waals surface area (Å²) in [6, 6.07) is 0. The van der Waals surface area contributed by atoms with Crippen molar-refractivity contribution in [3.63, 3.8) is 0 Å². The summed E-state index contributed by atoms with van der Waals surface area (Å²) in [5.74, 6) is 0. The van der Waals surface area contributed by atoms with E-state index in [1.807, 2.05) is 22.8 Å². The van der Waals surface area contributed by atoms with Crippen molar-refractivity contribution in [1.29, 1.82) is 0 Å². The van der Waals surface area contributed by atoms with Crippen LogP contribution in [-0.2, 0) is 0 Å². The van der Waals surface area contributed by atoms with E-state index in [1.165, 1.54) is 5.59 Å². The lowest BCUT2D eigenvalue weighted by Crippen LogP contribution is -2.26. The molecule has 0 radical (unpaired) electrons. The molecule has 0 N–H and O–H groups in total. The van der Waals surface area contributed by atoms with E-state index >= 15 is 0 Å². The Morgan fingerprint density at radius 2 is 2.00 bits per heavy atom. The first-order chi connectivity index (χ1) is 4.13. The van der Waals surface area contributed by atoms with Gasteiger partial charge in [-0.3, -0.25) is 4.98 Å². The van der Waals surface area contributed by atoms with Crippen LogP contribution in [0, 0.1) is 6.92 Å². The fraction of sp³-hybridized carbons (Fsp3) is 0.250. The third-order valence-electron chi connectivity index (χ3n) is 1.84. The van der Waals surface area contributed by atoms with Gasteiger partial charge in [0.2, 0.25) is 7.98 Å². The molecule has 0 saturated carbocycles. The van der Waals surface area contributed by atoms with Crippen molar-refractivity contribution in [2.75, 3.05) is 0 Å². The molecule has 0 aliphatic carbocycles. The van der Waals surface area contributed by atoms with E-state index in [2.05, 4.69) is 17.3 Å². The average molecular weight is 118 g/mol. The predicted molar refractivity (Wildman–Crippen MR) is 47.3 cm³/mol. The summed E-state index contributed by atoms with van der Waals surface area (Å²) in [6.45, 7) is 2.03. The smallest absolute Gasteiger partial charge is 0.222 e. The van der Waals surface area contributed by atoms with Crippen LogP contribution < -0.4 is 11.3 Å². The monoisotopic (exact) mass is 118 g/mol.